The van der Waals surface area contributed by atoms with Gasteiger partial charge in [0.05, 0.1) is 19.3 Å². The lowest BCUT2D eigenvalue weighted by Gasteiger charge is -2.39. The van der Waals surface area contributed by atoms with Crippen LogP contribution >= 0.6 is 0 Å². The van der Waals surface area contributed by atoms with Crippen molar-refractivity contribution >= 4 is 11.7 Å². The number of piperidine rings is 1. The molecule has 2 aliphatic heterocycles. The number of likely N-dealkylation sites (tertiary alicyclic amines) is 1. The van der Waals surface area contributed by atoms with E-state index in [9.17, 15) is 4.79 Å². The summed E-state index contributed by atoms with van der Waals surface area (Å²) in [6.07, 6.45) is 5.84. The molecule has 4 rings (SSSR count). The molecule has 0 radical (unpaired) electrons. The fraction of sp³-hybridized carbons (Fsp3) is 0.579. The normalized spacial score (nSPS) is 19.1. The van der Waals surface area contributed by atoms with Gasteiger partial charge in [0, 0.05) is 49.4 Å². The van der Waals surface area contributed by atoms with Crippen LogP contribution in [0, 0.1) is 19.3 Å². The molecule has 0 aromatic carbocycles. The number of carbonyl (C=O) groups excluding carboxylic acids is 1. The molecular weight excluding hydrogens is 346 g/mol. The Labute approximate surface area is 158 Å². The van der Waals surface area contributed by atoms with E-state index >= 15 is 0 Å². The van der Waals surface area contributed by atoms with E-state index in [1.165, 1.54) is 0 Å². The third-order valence-electron chi connectivity index (χ3n) is 5.90. The number of amides is 1. The predicted molar refractivity (Wildman–Crippen MR) is 98.5 cm³/mol. The summed E-state index contributed by atoms with van der Waals surface area (Å²) in [7, 11) is 1.61. The molecule has 1 spiro atoms. The lowest BCUT2D eigenvalue weighted by molar-refractivity contribution is -0.128. The van der Waals surface area contributed by atoms with Crippen molar-refractivity contribution < 1.29 is 14.1 Å². The van der Waals surface area contributed by atoms with Crippen molar-refractivity contribution in [3.63, 3.8) is 0 Å². The fourth-order valence-electron chi connectivity index (χ4n) is 4.25. The van der Waals surface area contributed by atoms with Crippen molar-refractivity contribution in [1.82, 2.24) is 20.0 Å². The molecule has 2 fully saturated rings. The largest absolute Gasteiger partial charge is 0.478 e. The molecule has 8 heteroatoms. The van der Waals surface area contributed by atoms with E-state index in [1.54, 1.807) is 19.5 Å². The fourth-order valence-corrected chi connectivity index (χ4v) is 4.25. The second kappa shape index (κ2) is 6.83. The molecule has 144 valence electrons. The standard InChI is InChI=1S/C19H25N5O3/c1-13-15(14(2)27-22-13)11-24-12-19(10-16(24)25)4-8-23(9-5-19)17-18(26-3)21-7-6-20-17/h6-7H,4-5,8-12H2,1-3H3. The van der Waals surface area contributed by atoms with Crippen molar-refractivity contribution in [3.8, 4) is 5.88 Å². The van der Waals surface area contributed by atoms with Gasteiger partial charge in [-0.15, -0.1) is 0 Å². The van der Waals surface area contributed by atoms with E-state index in [0.29, 0.717) is 18.8 Å². The molecule has 1 amide bonds. The van der Waals surface area contributed by atoms with Crippen molar-refractivity contribution in [2.24, 2.45) is 5.41 Å². The quantitative estimate of drug-likeness (QED) is 0.814. The van der Waals surface area contributed by atoms with Crippen molar-refractivity contribution in [1.29, 1.82) is 0 Å². The third kappa shape index (κ3) is 3.24. The number of rotatable bonds is 4. The molecule has 2 aliphatic rings. The van der Waals surface area contributed by atoms with Gasteiger partial charge >= 0.3 is 0 Å². The second-order valence-corrected chi connectivity index (χ2v) is 7.61. The summed E-state index contributed by atoms with van der Waals surface area (Å²) in [5.74, 6) is 2.36. The number of hydrogen-bond donors (Lipinski definition) is 0. The zero-order valence-corrected chi connectivity index (χ0v) is 16.1. The van der Waals surface area contributed by atoms with Gasteiger partial charge in [0.25, 0.3) is 5.88 Å². The first kappa shape index (κ1) is 17.8. The molecule has 0 unspecified atom stereocenters. The average molecular weight is 371 g/mol. The van der Waals surface area contributed by atoms with Crippen LogP contribution in [0.5, 0.6) is 5.88 Å². The van der Waals surface area contributed by atoms with Gasteiger partial charge in [-0.05, 0) is 26.7 Å². The summed E-state index contributed by atoms with van der Waals surface area (Å²) in [6, 6.07) is 0. The second-order valence-electron chi connectivity index (χ2n) is 7.61. The minimum atomic E-state index is 0.0437. The summed E-state index contributed by atoms with van der Waals surface area (Å²) >= 11 is 0. The molecule has 4 heterocycles. The Bertz CT molecular complexity index is 822. The van der Waals surface area contributed by atoms with E-state index in [-0.39, 0.29) is 11.3 Å². The highest BCUT2D eigenvalue weighted by atomic mass is 16.5. The number of aryl methyl sites for hydroxylation is 2. The summed E-state index contributed by atoms with van der Waals surface area (Å²) < 4.78 is 10.6. The molecule has 0 aliphatic carbocycles. The lowest BCUT2D eigenvalue weighted by atomic mass is 9.77. The Kier molecular flexibility index (Phi) is 4.49. The van der Waals surface area contributed by atoms with Crippen LogP contribution in [-0.4, -0.2) is 52.7 Å². The highest BCUT2D eigenvalue weighted by molar-refractivity contribution is 5.79. The number of aromatic nitrogens is 3. The molecule has 0 bridgehead atoms. The average Bonchev–Trinajstić information content (AvgIpc) is 3.16. The molecule has 27 heavy (non-hydrogen) atoms. The number of ether oxygens (including phenoxy) is 1. The Morgan fingerprint density at radius 3 is 2.63 bits per heavy atom. The maximum atomic E-state index is 12.7. The van der Waals surface area contributed by atoms with E-state index in [0.717, 1.165) is 55.3 Å². The van der Waals surface area contributed by atoms with Gasteiger partial charge < -0.3 is 19.1 Å². The smallest absolute Gasteiger partial charge is 0.257 e. The number of carbonyl (C=O) groups is 1. The Morgan fingerprint density at radius 2 is 1.96 bits per heavy atom. The van der Waals surface area contributed by atoms with Crippen LogP contribution < -0.4 is 9.64 Å². The maximum Gasteiger partial charge on any atom is 0.257 e. The Morgan fingerprint density at radius 1 is 1.22 bits per heavy atom. The topological polar surface area (TPSA) is 84.6 Å². The molecule has 2 saturated heterocycles. The van der Waals surface area contributed by atoms with Gasteiger partial charge in [-0.2, -0.15) is 0 Å². The van der Waals surface area contributed by atoms with Crippen molar-refractivity contribution in [2.75, 3.05) is 31.6 Å². The van der Waals surface area contributed by atoms with Gasteiger partial charge in [0.1, 0.15) is 5.76 Å². The molecule has 2 aromatic rings. The molecule has 0 saturated carbocycles. The summed E-state index contributed by atoms with van der Waals surface area (Å²) in [4.78, 5) is 25.5. The summed E-state index contributed by atoms with van der Waals surface area (Å²) in [6.45, 7) is 6.90. The van der Waals surface area contributed by atoms with E-state index in [2.05, 4.69) is 20.0 Å². The van der Waals surface area contributed by atoms with Crippen LogP contribution in [0.3, 0.4) is 0 Å². The van der Waals surface area contributed by atoms with E-state index in [1.807, 2.05) is 18.7 Å². The minimum Gasteiger partial charge on any atom is -0.478 e. The van der Waals surface area contributed by atoms with Gasteiger partial charge in [-0.1, -0.05) is 5.16 Å². The first-order valence-corrected chi connectivity index (χ1v) is 9.31. The van der Waals surface area contributed by atoms with Crippen LogP contribution in [0.15, 0.2) is 16.9 Å². The third-order valence-corrected chi connectivity index (χ3v) is 5.90. The van der Waals surface area contributed by atoms with Gasteiger partial charge in [-0.3, -0.25) is 4.79 Å². The highest BCUT2D eigenvalue weighted by Crippen LogP contribution is 2.43. The monoisotopic (exact) mass is 371 g/mol. The van der Waals surface area contributed by atoms with E-state index < -0.39 is 0 Å². The maximum absolute atomic E-state index is 12.7. The highest BCUT2D eigenvalue weighted by Gasteiger charge is 2.45. The molecule has 0 N–H and O–H groups in total. The van der Waals surface area contributed by atoms with Crippen LogP contribution in [0.2, 0.25) is 0 Å². The zero-order valence-electron chi connectivity index (χ0n) is 16.1. The first-order valence-electron chi connectivity index (χ1n) is 9.31. The van der Waals surface area contributed by atoms with Crippen molar-refractivity contribution in [2.45, 2.75) is 39.7 Å². The van der Waals surface area contributed by atoms with Crippen LogP contribution in [0.1, 0.15) is 36.3 Å². The zero-order chi connectivity index (χ0) is 19.0. The first-order chi connectivity index (χ1) is 13.0. The van der Waals surface area contributed by atoms with Crippen LogP contribution in [-0.2, 0) is 11.3 Å². The van der Waals surface area contributed by atoms with Gasteiger partial charge in [-0.25, -0.2) is 9.97 Å². The number of anilines is 1. The van der Waals surface area contributed by atoms with E-state index in [4.69, 9.17) is 9.26 Å². The van der Waals surface area contributed by atoms with Crippen LogP contribution in [0.25, 0.3) is 0 Å². The minimum absolute atomic E-state index is 0.0437. The van der Waals surface area contributed by atoms with Gasteiger partial charge in [0.2, 0.25) is 5.91 Å². The lowest BCUT2D eigenvalue weighted by Crippen LogP contribution is -2.42. The Balaban J connectivity index is 1.43. The van der Waals surface area contributed by atoms with Gasteiger partial charge in [0.15, 0.2) is 5.82 Å². The summed E-state index contributed by atoms with van der Waals surface area (Å²) in [5, 5.41) is 4.00. The SMILES string of the molecule is COc1nccnc1N1CCC2(CC1)CC(=O)N(Cc1c(C)noc1C)C2. The van der Waals surface area contributed by atoms with Crippen LogP contribution in [0.4, 0.5) is 5.82 Å². The molecule has 0 atom stereocenters. The number of nitrogens with zero attached hydrogens (tertiary/aromatic N) is 5. The molecular formula is C19H25N5O3. The molecule has 8 nitrogen and oxygen atoms in total. The Hall–Kier alpha value is -2.64. The predicted octanol–water partition coefficient (Wildman–Crippen LogP) is 2.11. The molecule has 2 aromatic heterocycles. The number of hydrogen-bond acceptors (Lipinski definition) is 7. The van der Waals surface area contributed by atoms with Crippen molar-refractivity contribution in [3.05, 3.63) is 29.4 Å². The number of methoxy groups -OCH3 is 1. The summed E-state index contributed by atoms with van der Waals surface area (Å²) in [5.41, 5.74) is 1.94.